The summed E-state index contributed by atoms with van der Waals surface area (Å²) in [5, 5.41) is 20.7. The first-order valence-corrected chi connectivity index (χ1v) is 12.8. The van der Waals surface area contributed by atoms with Crippen LogP contribution >= 0.6 is 11.8 Å². The Labute approximate surface area is 207 Å². The fourth-order valence-corrected chi connectivity index (χ4v) is 7.40. The maximum Gasteiger partial charge on any atom is 0.240 e. The average Bonchev–Trinajstić information content (AvgIpc) is 3.43. The number of amides is 2. The molecule has 7 heteroatoms. The summed E-state index contributed by atoms with van der Waals surface area (Å²) in [5.41, 5.74) is -0.284. The number of anilines is 1. The number of thioether (sulfide) groups is 1. The molecule has 176 valence electrons. The minimum absolute atomic E-state index is 0.208. The van der Waals surface area contributed by atoms with Crippen LogP contribution in [-0.2, 0) is 14.3 Å². The summed E-state index contributed by atoms with van der Waals surface area (Å²) < 4.78 is 6.55. The average molecular weight is 485 g/mol. The lowest BCUT2D eigenvalue weighted by Gasteiger charge is -2.31. The van der Waals surface area contributed by atoms with Gasteiger partial charge in [0.2, 0.25) is 11.8 Å². The van der Waals surface area contributed by atoms with Gasteiger partial charge in [0.1, 0.15) is 5.75 Å². The smallest absolute Gasteiger partial charge is 0.240 e. The second-order valence-electron chi connectivity index (χ2n) is 9.83. The van der Waals surface area contributed by atoms with E-state index in [1.807, 2.05) is 43.3 Å². The van der Waals surface area contributed by atoms with Gasteiger partial charge in [-0.15, -0.1) is 11.8 Å². The van der Waals surface area contributed by atoms with Crippen molar-refractivity contribution in [2.75, 3.05) is 10.7 Å². The lowest BCUT2D eigenvalue weighted by molar-refractivity contribution is -0.130. The monoisotopic (exact) mass is 484 g/mol. The quantitative estimate of drug-likeness (QED) is 0.404. The molecule has 3 aliphatic heterocycles. The largest absolute Gasteiger partial charge is 0.508 e. The Kier molecular flexibility index (Phi) is 4.96. The number of imide groups is 1. The van der Waals surface area contributed by atoms with E-state index in [-0.39, 0.29) is 17.6 Å². The number of carbonyl (C=O) groups excluding carboxylic acids is 2. The van der Waals surface area contributed by atoms with Crippen LogP contribution in [0.3, 0.4) is 0 Å². The SMILES string of the molecule is C[C@@]12CC[C@@](CCSc3cccc(O)c3)(O1)[C@H]1C(=O)N(c3ccc(C#N)c4ccccc34)C(=O)[C@H]12. The number of nitriles is 1. The third-order valence-electron chi connectivity index (χ3n) is 7.89. The number of carbonyl (C=O) groups is 2. The van der Waals surface area contributed by atoms with Crippen LogP contribution in [0.5, 0.6) is 5.75 Å². The normalized spacial score (nSPS) is 29.1. The Bertz CT molecular complexity index is 1430. The molecule has 35 heavy (non-hydrogen) atoms. The lowest BCUT2D eigenvalue weighted by Crippen LogP contribution is -2.42. The van der Waals surface area contributed by atoms with Crippen molar-refractivity contribution < 1.29 is 19.4 Å². The molecule has 3 aromatic rings. The molecule has 3 aromatic carbocycles. The van der Waals surface area contributed by atoms with Gasteiger partial charge in [0.25, 0.3) is 0 Å². The van der Waals surface area contributed by atoms with Gasteiger partial charge >= 0.3 is 0 Å². The van der Waals surface area contributed by atoms with Gasteiger partial charge in [-0.05, 0) is 56.5 Å². The number of fused-ring (bicyclic) bond motifs is 6. The van der Waals surface area contributed by atoms with Gasteiger partial charge in [0.05, 0.1) is 40.4 Å². The van der Waals surface area contributed by atoms with Crippen molar-refractivity contribution in [2.24, 2.45) is 11.8 Å². The van der Waals surface area contributed by atoms with Crippen LogP contribution < -0.4 is 4.90 Å². The van der Waals surface area contributed by atoms with Gasteiger partial charge in [-0.2, -0.15) is 5.26 Å². The second kappa shape index (κ2) is 7.84. The van der Waals surface area contributed by atoms with Crippen LogP contribution in [0.25, 0.3) is 10.8 Å². The van der Waals surface area contributed by atoms with Crippen molar-refractivity contribution in [3.8, 4) is 11.8 Å². The standard InChI is InChI=1S/C28H24N2O4S/c1-27-11-12-28(34-27,13-14-35-19-6-4-5-18(31)15-19)24-23(27)25(32)30(26(24)33)22-10-9-17(16-29)20-7-2-3-8-21(20)22/h2-10,15,23-24,31H,11-14H2,1H3/t23-,24+,27-,28-/m0/s1. The topological polar surface area (TPSA) is 90.6 Å². The summed E-state index contributed by atoms with van der Waals surface area (Å²) in [7, 11) is 0. The maximum atomic E-state index is 13.9. The fraction of sp³-hybridized carbons (Fsp3) is 0.321. The van der Waals surface area contributed by atoms with Crippen LogP contribution in [0.4, 0.5) is 5.69 Å². The molecule has 0 aromatic heterocycles. The summed E-state index contributed by atoms with van der Waals surface area (Å²) in [6.45, 7) is 1.97. The van der Waals surface area contributed by atoms with Gasteiger partial charge in [-0.25, -0.2) is 4.90 Å². The first kappa shape index (κ1) is 22.1. The lowest BCUT2D eigenvalue weighted by atomic mass is 9.67. The van der Waals surface area contributed by atoms with E-state index in [2.05, 4.69) is 6.07 Å². The Hall–Kier alpha value is -3.34. The summed E-state index contributed by atoms with van der Waals surface area (Å²) in [4.78, 5) is 30.0. The van der Waals surface area contributed by atoms with Crippen LogP contribution in [0.1, 0.15) is 31.7 Å². The molecule has 0 spiro atoms. The molecule has 0 radical (unpaired) electrons. The molecule has 2 amide bonds. The number of phenols is 1. The predicted molar refractivity (Wildman–Crippen MR) is 133 cm³/mol. The highest BCUT2D eigenvalue weighted by Gasteiger charge is 2.73. The summed E-state index contributed by atoms with van der Waals surface area (Å²) in [6, 6.07) is 20.1. The van der Waals surface area contributed by atoms with Gasteiger partial charge in [-0.1, -0.05) is 30.3 Å². The summed E-state index contributed by atoms with van der Waals surface area (Å²) >= 11 is 1.61. The number of nitrogens with zero attached hydrogens (tertiary/aromatic N) is 2. The molecule has 0 saturated carbocycles. The molecule has 6 nitrogen and oxygen atoms in total. The highest BCUT2D eigenvalue weighted by molar-refractivity contribution is 7.99. The molecule has 6 rings (SSSR count). The molecule has 4 atom stereocenters. The zero-order valence-electron chi connectivity index (χ0n) is 19.2. The van der Waals surface area contributed by atoms with E-state index in [0.717, 1.165) is 28.5 Å². The Morgan fingerprint density at radius 3 is 2.60 bits per heavy atom. The first-order chi connectivity index (χ1) is 16.9. The Balaban J connectivity index is 1.34. The van der Waals surface area contributed by atoms with E-state index in [1.54, 1.807) is 36.0 Å². The minimum Gasteiger partial charge on any atom is -0.508 e. The van der Waals surface area contributed by atoms with E-state index in [4.69, 9.17) is 4.74 Å². The van der Waals surface area contributed by atoms with E-state index in [0.29, 0.717) is 23.4 Å². The Morgan fingerprint density at radius 1 is 1.06 bits per heavy atom. The molecule has 3 saturated heterocycles. The van der Waals surface area contributed by atoms with Crippen molar-refractivity contribution in [3.63, 3.8) is 0 Å². The van der Waals surface area contributed by atoms with Gasteiger partial charge in [0.15, 0.2) is 0 Å². The number of benzene rings is 3. The van der Waals surface area contributed by atoms with Crippen molar-refractivity contribution in [3.05, 3.63) is 66.2 Å². The third-order valence-corrected chi connectivity index (χ3v) is 8.88. The number of hydrogen-bond donors (Lipinski definition) is 1. The highest BCUT2D eigenvalue weighted by Crippen LogP contribution is 2.62. The van der Waals surface area contributed by atoms with Crippen LogP contribution in [0.15, 0.2) is 65.6 Å². The molecular weight excluding hydrogens is 460 g/mol. The number of hydrogen-bond acceptors (Lipinski definition) is 6. The van der Waals surface area contributed by atoms with Crippen molar-refractivity contribution >= 4 is 40.0 Å². The molecule has 3 heterocycles. The fourth-order valence-electron chi connectivity index (χ4n) is 6.34. The van der Waals surface area contributed by atoms with Crippen LogP contribution in [-0.4, -0.2) is 33.9 Å². The number of ether oxygens (including phenoxy) is 1. The van der Waals surface area contributed by atoms with E-state index in [9.17, 15) is 20.0 Å². The van der Waals surface area contributed by atoms with Gasteiger partial charge < -0.3 is 9.84 Å². The van der Waals surface area contributed by atoms with Crippen LogP contribution in [0, 0.1) is 23.2 Å². The minimum atomic E-state index is -0.673. The Morgan fingerprint density at radius 2 is 1.83 bits per heavy atom. The molecule has 0 unspecified atom stereocenters. The first-order valence-electron chi connectivity index (χ1n) is 11.8. The maximum absolute atomic E-state index is 13.9. The summed E-state index contributed by atoms with van der Waals surface area (Å²) in [5.74, 6) is -0.512. The van der Waals surface area contributed by atoms with E-state index in [1.165, 1.54) is 4.90 Å². The molecule has 1 N–H and O–H groups in total. The van der Waals surface area contributed by atoms with Crippen molar-refractivity contribution in [2.45, 2.75) is 42.3 Å². The second-order valence-corrected chi connectivity index (χ2v) is 11.0. The molecule has 2 bridgehead atoms. The van der Waals surface area contributed by atoms with Gasteiger partial charge in [-0.3, -0.25) is 9.59 Å². The summed E-state index contributed by atoms with van der Waals surface area (Å²) in [6.07, 6.45) is 2.13. The zero-order chi connectivity index (χ0) is 24.4. The third kappa shape index (κ3) is 3.20. The van der Waals surface area contributed by atoms with E-state index >= 15 is 0 Å². The predicted octanol–water partition coefficient (Wildman–Crippen LogP) is 5.03. The van der Waals surface area contributed by atoms with Crippen LogP contribution in [0.2, 0.25) is 0 Å². The number of aromatic hydroxyl groups is 1. The van der Waals surface area contributed by atoms with Crippen molar-refractivity contribution in [1.29, 1.82) is 5.26 Å². The molecule has 0 aliphatic carbocycles. The zero-order valence-corrected chi connectivity index (χ0v) is 20.0. The molecule has 3 aliphatic rings. The highest BCUT2D eigenvalue weighted by atomic mass is 32.2. The van der Waals surface area contributed by atoms with E-state index < -0.39 is 23.0 Å². The molecule has 3 fully saturated rings. The van der Waals surface area contributed by atoms with Crippen molar-refractivity contribution in [1.82, 2.24) is 0 Å². The molecular formula is C28H24N2O4S. The van der Waals surface area contributed by atoms with Gasteiger partial charge in [0, 0.05) is 21.4 Å². The number of rotatable bonds is 5. The number of phenolic OH excluding ortho intramolecular Hbond substituents is 1.